The highest BCUT2D eigenvalue weighted by Gasteiger charge is 2.25. The van der Waals surface area contributed by atoms with Gasteiger partial charge in [0.25, 0.3) is 0 Å². The van der Waals surface area contributed by atoms with Gasteiger partial charge in [0.15, 0.2) is 11.5 Å². The minimum atomic E-state index is -0.788. The lowest BCUT2D eigenvalue weighted by molar-refractivity contribution is -0.121. The lowest BCUT2D eigenvalue weighted by atomic mass is 10.0. The van der Waals surface area contributed by atoms with Gasteiger partial charge in [-0.15, -0.1) is 0 Å². The van der Waals surface area contributed by atoms with E-state index in [4.69, 9.17) is 19.7 Å². The molecule has 0 radical (unpaired) electrons. The van der Waals surface area contributed by atoms with Crippen LogP contribution in [0, 0.1) is 6.92 Å². The number of aliphatic hydroxyl groups is 2. The van der Waals surface area contributed by atoms with Crippen LogP contribution in [0.2, 0.25) is 0 Å². The molecule has 1 aromatic rings. The Kier molecular flexibility index (Phi) is 6.26. The van der Waals surface area contributed by atoms with Gasteiger partial charge in [0.05, 0.1) is 39.9 Å². The number of carbonyl (C=O) groups excluding carboxylic acids is 1. The second-order valence-corrected chi connectivity index (χ2v) is 4.67. The van der Waals surface area contributed by atoms with Crippen LogP contribution in [0.3, 0.4) is 0 Å². The molecule has 0 aliphatic rings. The predicted octanol–water partition coefficient (Wildman–Crippen LogP) is -0.565. The molecule has 0 saturated heterocycles. The molecule has 0 aromatic heterocycles. The molecule has 0 aliphatic carbocycles. The van der Waals surface area contributed by atoms with Gasteiger partial charge < -0.3 is 35.2 Å². The Bertz CT molecular complexity index is 541. The Hall–Kier alpha value is -2.19. The molecule has 8 heteroatoms. The third-order valence-corrected chi connectivity index (χ3v) is 3.28. The number of aliphatic hydroxyl groups excluding tert-OH is 2. The Labute approximate surface area is 127 Å². The lowest BCUT2D eigenvalue weighted by Crippen LogP contribution is -2.40. The summed E-state index contributed by atoms with van der Waals surface area (Å²) in [7, 11) is 2.61. The van der Waals surface area contributed by atoms with Crippen LogP contribution in [0.15, 0.2) is 0 Å². The summed E-state index contributed by atoms with van der Waals surface area (Å²) in [5, 5.41) is 40.6. The van der Waals surface area contributed by atoms with Gasteiger partial charge in [0, 0.05) is 11.1 Å². The quantitative estimate of drug-likeness (QED) is 0.426. The highest BCUT2D eigenvalue weighted by molar-refractivity contribution is 5.82. The maximum Gasteiger partial charge on any atom is 0.224 e. The maximum absolute atomic E-state index is 11.9. The van der Waals surface area contributed by atoms with Gasteiger partial charge in [0.2, 0.25) is 17.4 Å². The van der Waals surface area contributed by atoms with Crippen LogP contribution in [0.5, 0.6) is 23.0 Å². The molecule has 0 atom stereocenters. The summed E-state index contributed by atoms with van der Waals surface area (Å²) >= 11 is 0. The molecule has 1 aromatic carbocycles. The minimum absolute atomic E-state index is 0.0229. The van der Waals surface area contributed by atoms with E-state index in [0.717, 1.165) is 0 Å². The van der Waals surface area contributed by atoms with Crippen LogP contribution in [0.25, 0.3) is 0 Å². The molecule has 0 bridgehead atoms. The van der Waals surface area contributed by atoms with Crippen molar-refractivity contribution in [2.75, 3.05) is 27.4 Å². The lowest BCUT2D eigenvalue weighted by Gasteiger charge is -2.18. The van der Waals surface area contributed by atoms with Crippen molar-refractivity contribution in [2.45, 2.75) is 19.4 Å². The van der Waals surface area contributed by atoms with Gasteiger partial charge in [-0.3, -0.25) is 4.79 Å². The molecule has 22 heavy (non-hydrogen) atoms. The van der Waals surface area contributed by atoms with E-state index in [1.165, 1.54) is 21.1 Å². The van der Waals surface area contributed by atoms with E-state index in [2.05, 4.69) is 5.32 Å². The highest BCUT2D eigenvalue weighted by atomic mass is 16.5. The van der Waals surface area contributed by atoms with Crippen molar-refractivity contribution in [3.05, 3.63) is 11.1 Å². The zero-order valence-corrected chi connectivity index (χ0v) is 12.7. The number of methoxy groups -OCH3 is 2. The Morgan fingerprint density at radius 3 is 2.05 bits per heavy atom. The third-order valence-electron chi connectivity index (χ3n) is 3.28. The summed E-state index contributed by atoms with van der Waals surface area (Å²) in [4.78, 5) is 11.9. The Morgan fingerprint density at radius 1 is 1.09 bits per heavy atom. The fourth-order valence-electron chi connectivity index (χ4n) is 2.03. The largest absolute Gasteiger partial charge is 0.504 e. The molecule has 1 rings (SSSR count). The number of aromatic hydroxyl groups is 2. The van der Waals surface area contributed by atoms with E-state index < -0.39 is 25.2 Å². The summed E-state index contributed by atoms with van der Waals surface area (Å²) < 4.78 is 9.99. The molecule has 0 saturated carbocycles. The van der Waals surface area contributed by atoms with Crippen molar-refractivity contribution in [1.82, 2.24) is 5.32 Å². The molecule has 8 nitrogen and oxygen atoms in total. The molecule has 5 N–H and O–H groups in total. The third kappa shape index (κ3) is 3.52. The smallest absolute Gasteiger partial charge is 0.224 e. The van der Waals surface area contributed by atoms with E-state index in [1.54, 1.807) is 0 Å². The molecule has 0 aliphatic heterocycles. The van der Waals surface area contributed by atoms with Crippen LogP contribution < -0.4 is 14.8 Å². The summed E-state index contributed by atoms with van der Waals surface area (Å²) in [6.07, 6.45) is -0.262. The van der Waals surface area contributed by atoms with Crippen molar-refractivity contribution in [1.29, 1.82) is 0 Å². The van der Waals surface area contributed by atoms with Crippen molar-refractivity contribution in [3.8, 4) is 23.0 Å². The molecule has 1 amide bonds. The summed E-state index contributed by atoms with van der Waals surface area (Å²) in [5.74, 6) is -1.17. The molecular weight excluding hydrogens is 294 g/mol. The van der Waals surface area contributed by atoms with Crippen LogP contribution in [-0.2, 0) is 11.2 Å². The van der Waals surface area contributed by atoms with Gasteiger partial charge in [0.1, 0.15) is 0 Å². The number of phenols is 2. The first-order valence-corrected chi connectivity index (χ1v) is 6.57. The summed E-state index contributed by atoms with van der Waals surface area (Å²) in [5.41, 5.74) is 0.442. The predicted molar refractivity (Wildman–Crippen MR) is 77.4 cm³/mol. The number of hydrogen-bond donors (Lipinski definition) is 5. The highest BCUT2D eigenvalue weighted by Crippen LogP contribution is 2.48. The molecule has 124 valence electrons. The standard InChI is InChI=1S/C14H21NO7/c1-7-9(4-10(18)15-8(5-16)6-17)12(20)14(22-3)13(21-2)11(7)19/h8,16-17,19-20H,4-6H2,1-3H3,(H,15,18). The van der Waals surface area contributed by atoms with Crippen molar-refractivity contribution >= 4 is 5.91 Å². The van der Waals surface area contributed by atoms with Gasteiger partial charge in [-0.2, -0.15) is 0 Å². The number of phenolic OH excluding ortho intramolecular Hbond substituents is 2. The van der Waals surface area contributed by atoms with Crippen LogP contribution in [0.1, 0.15) is 11.1 Å². The zero-order chi connectivity index (χ0) is 16.9. The number of amides is 1. The van der Waals surface area contributed by atoms with Gasteiger partial charge in [-0.1, -0.05) is 0 Å². The minimum Gasteiger partial charge on any atom is -0.504 e. The van der Waals surface area contributed by atoms with E-state index in [-0.39, 0.29) is 40.5 Å². The molecule has 0 heterocycles. The van der Waals surface area contributed by atoms with Crippen molar-refractivity contribution < 1.29 is 34.7 Å². The van der Waals surface area contributed by atoms with Gasteiger partial charge >= 0.3 is 0 Å². The average Bonchev–Trinajstić information content (AvgIpc) is 2.52. The first kappa shape index (κ1) is 17.9. The van der Waals surface area contributed by atoms with E-state index >= 15 is 0 Å². The fourth-order valence-corrected chi connectivity index (χ4v) is 2.03. The summed E-state index contributed by atoms with van der Waals surface area (Å²) in [6.45, 7) is 0.698. The second kappa shape index (κ2) is 7.71. The molecule has 0 fully saturated rings. The first-order valence-electron chi connectivity index (χ1n) is 6.57. The molecular formula is C14H21NO7. The van der Waals surface area contributed by atoms with E-state index in [9.17, 15) is 15.0 Å². The molecule has 0 unspecified atom stereocenters. The topological polar surface area (TPSA) is 128 Å². The SMILES string of the molecule is COc1c(O)c(C)c(CC(=O)NC(CO)CO)c(O)c1OC. The van der Waals surface area contributed by atoms with E-state index in [1.807, 2.05) is 0 Å². The zero-order valence-electron chi connectivity index (χ0n) is 12.7. The first-order chi connectivity index (χ1) is 10.4. The number of benzene rings is 1. The maximum atomic E-state index is 11.9. The Morgan fingerprint density at radius 2 is 1.59 bits per heavy atom. The molecule has 0 spiro atoms. The number of rotatable bonds is 7. The van der Waals surface area contributed by atoms with Crippen molar-refractivity contribution in [3.63, 3.8) is 0 Å². The number of hydrogen-bond acceptors (Lipinski definition) is 7. The van der Waals surface area contributed by atoms with E-state index in [0.29, 0.717) is 0 Å². The van der Waals surface area contributed by atoms with Crippen LogP contribution in [0.4, 0.5) is 0 Å². The van der Waals surface area contributed by atoms with Gasteiger partial charge in [-0.25, -0.2) is 0 Å². The number of nitrogens with one attached hydrogen (secondary N) is 1. The normalized spacial score (nSPS) is 10.6. The monoisotopic (exact) mass is 315 g/mol. The number of ether oxygens (including phenoxy) is 2. The second-order valence-electron chi connectivity index (χ2n) is 4.67. The van der Waals surface area contributed by atoms with Gasteiger partial charge in [-0.05, 0) is 6.92 Å². The average molecular weight is 315 g/mol. The Balaban J connectivity index is 3.15. The van der Waals surface area contributed by atoms with Crippen LogP contribution in [-0.4, -0.2) is 59.8 Å². The van der Waals surface area contributed by atoms with Crippen LogP contribution >= 0.6 is 0 Å². The fraction of sp³-hybridized carbons (Fsp3) is 0.500. The number of carbonyl (C=O) groups is 1. The van der Waals surface area contributed by atoms with Crippen molar-refractivity contribution in [2.24, 2.45) is 0 Å². The summed E-state index contributed by atoms with van der Waals surface area (Å²) in [6, 6.07) is -0.788.